The van der Waals surface area contributed by atoms with Gasteiger partial charge >= 0.3 is 0 Å². The van der Waals surface area contributed by atoms with Crippen LogP contribution in [0.2, 0.25) is 0 Å². The number of amides is 1. The van der Waals surface area contributed by atoms with Crippen molar-refractivity contribution in [3.05, 3.63) is 53.6 Å². The first-order valence-electron chi connectivity index (χ1n) is 11.2. The van der Waals surface area contributed by atoms with Crippen LogP contribution in [0.3, 0.4) is 0 Å². The molecule has 2 N–H and O–H groups in total. The largest absolute Gasteiger partial charge is 0.482 e. The molecule has 0 unspecified atom stereocenters. The zero-order valence-electron chi connectivity index (χ0n) is 18.9. The highest BCUT2D eigenvalue weighted by molar-refractivity contribution is 7.89. The number of anilines is 1. The Morgan fingerprint density at radius 2 is 1.84 bits per heavy atom. The summed E-state index contributed by atoms with van der Waals surface area (Å²) in [6.07, 6.45) is 3.65. The lowest BCUT2D eigenvalue weighted by Gasteiger charge is -2.23. The summed E-state index contributed by atoms with van der Waals surface area (Å²) < 4.78 is 32.9. The molecule has 0 spiro atoms. The van der Waals surface area contributed by atoms with E-state index in [9.17, 15) is 13.2 Å². The molecule has 0 fully saturated rings. The molecular formula is C24H33N3O4S. The molecule has 174 valence electrons. The van der Waals surface area contributed by atoms with Gasteiger partial charge in [0, 0.05) is 13.1 Å². The minimum atomic E-state index is -3.45. The highest BCUT2D eigenvalue weighted by Crippen LogP contribution is 2.28. The topological polar surface area (TPSA) is 87.7 Å². The van der Waals surface area contributed by atoms with Gasteiger partial charge in [-0.1, -0.05) is 30.7 Å². The van der Waals surface area contributed by atoms with E-state index in [1.807, 2.05) is 25.1 Å². The minimum Gasteiger partial charge on any atom is -0.482 e. The standard InChI is InChI=1S/C24H33N3O4S/c1-3-14-27(16-12-20-8-11-23-22(17-20)26-24(28)18-31-23)15-5-4-13-25-32(29,30)21-9-6-19(2)7-10-21/h6-11,17,25H,3-5,12-16,18H2,1-2H3,(H,26,28). The summed E-state index contributed by atoms with van der Waals surface area (Å²) in [5.41, 5.74) is 2.93. The van der Waals surface area contributed by atoms with Crippen molar-refractivity contribution < 1.29 is 17.9 Å². The average Bonchev–Trinajstić information content (AvgIpc) is 2.77. The second-order valence-corrected chi connectivity index (χ2v) is 9.94. The van der Waals surface area contributed by atoms with Crippen LogP contribution >= 0.6 is 0 Å². The number of carbonyl (C=O) groups excluding carboxylic acids is 1. The Bertz CT molecular complexity index is 1010. The normalized spacial score (nSPS) is 13.5. The predicted octanol–water partition coefficient (Wildman–Crippen LogP) is 3.34. The average molecular weight is 460 g/mol. The highest BCUT2D eigenvalue weighted by Gasteiger charge is 2.16. The molecule has 0 saturated carbocycles. The molecule has 1 aliphatic rings. The second kappa shape index (κ2) is 11.4. The van der Waals surface area contributed by atoms with E-state index in [0.29, 0.717) is 17.2 Å². The summed E-state index contributed by atoms with van der Waals surface area (Å²) in [4.78, 5) is 14.2. The predicted molar refractivity (Wildman–Crippen MR) is 127 cm³/mol. The number of nitrogens with one attached hydrogen (secondary N) is 2. The molecule has 3 rings (SSSR count). The van der Waals surface area contributed by atoms with Gasteiger partial charge in [-0.15, -0.1) is 0 Å². The van der Waals surface area contributed by atoms with E-state index in [4.69, 9.17) is 4.74 Å². The fourth-order valence-corrected chi connectivity index (χ4v) is 4.77. The van der Waals surface area contributed by atoms with E-state index in [2.05, 4.69) is 21.9 Å². The van der Waals surface area contributed by atoms with Crippen molar-refractivity contribution >= 4 is 21.6 Å². The molecule has 0 aromatic heterocycles. The zero-order chi connectivity index (χ0) is 23.0. The van der Waals surface area contributed by atoms with E-state index in [-0.39, 0.29) is 12.5 Å². The first-order chi connectivity index (χ1) is 15.4. The minimum absolute atomic E-state index is 0.0673. The van der Waals surface area contributed by atoms with E-state index in [1.165, 1.54) is 0 Å². The summed E-state index contributed by atoms with van der Waals surface area (Å²) in [5, 5.41) is 2.85. The first-order valence-corrected chi connectivity index (χ1v) is 12.7. The number of rotatable bonds is 12. The number of hydrogen-bond acceptors (Lipinski definition) is 5. The Morgan fingerprint density at radius 3 is 2.59 bits per heavy atom. The van der Waals surface area contributed by atoms with Crippen LogP contribution in [0.15, 0.2) is 47.4 Å². The number of ether oxygens (including phenoxy) is 1. The quantitative estimate of drug-likeness (QED) is 0.476. The monoisotopic (exact) mass is 459 g/mol. The van der Waals surface area contributed by atoms with Crippen molar-refractivity contribution in [2.75, 3.05) is 38.1 Å². The molecule has 0 radical (unpaired) electrons. The van der Waals surface area contributed by atoms with E-state index >= 15 is 0 Å². The third kappa shape index (κ3) is 7.05. The fourth-order valence-electron chi connectivity index (χ4n) is 3.69. The van der Waals surface area contributed by atoms with E-state index in [0.717, 1.165) is 62.1 Å². The lowest BCUT2D eigenvalue weighted by atomic mass is 10.1. The molecule has 2 aromatic carbocycles. The van der Waals surface area contributed by atoms with E-state index < -0.39 is 10.0 Å². The Balaban J connectivity index is 1.42. The molecule has 0 aliphatic carbocycles. The summed E-state index contributed by atoms with van der Waals surface area (Å²) >= 11 is 0. The summed E-state index contributed by atoms with van der Waals surface area (Å²) in [7, 11) is -3.45. The van der Waals surface area contributed by atoms with Crippen LogP contribution in [0.1, 0.15) is 37.3 Å². The smallest absolute Gasteiger partial charge is 0.262 e. The maximum Gasteiger partial charge on any atom is 0.262 e. The number of aryl methyl sites for hydroxylation is 1. The molecule has 32 heavy (non-hydrogen) atoms. The van der Waals surface area contributed by atoms with E-state index in [1.54, 1.807) is 24.3 Å². The SMILES string of the molecule is CCCN(CCCCNS(=O)(=O)c1ccc(C)cc1)CCc1ccc2c(c1)NC(=O)CO2. The van der Waals surface area contributed by atoms with Gasteiger partial charge in [0.25, 0.3) is 5.91 Å². The molecule has 1 amide bonds. The van der Waals surface area contributed by atoms with Gasteiger partial charge in [0.1, 0.15) is 5.75 Å². The summed E-state index contributed by atoms with van der Waals surface area (Å²) in [6, 6.07) is 12.8. The van der Waals surface area contributed by atoms with Gasteiger partial charge in [0.15, 0.2) is 6.61 Å². The maximum atomic E-state index is 12.4. The number of hydrogen-bond donors (Lipinski definition) is 2. The van der Waals surface area contributed by atoms with Crippen LogP contribution in [-0.2, 0) is 21.2 Å². The van der Waals surface area contributed by atoms with Gasteiger partial charge < -0.3 is 15.0 Å². The number of unbranched alkanes of at least 4 members (excludes halogenated alkanes) is 1. The molecule has 0 saturated heterocycles. The molecule has 0 atom stereocenters. The summed E-state index contributed by atoms with van der Waals surface area (Å²) in [5.74, 6) is 0.590. The van der Waals surface area contributed by atoms with Crippen LogP contribution in [0, 0.1) is 6.92 Å². The number of nitrogens with zero attached hydrogens (tertiary/aromatic N) is 1. The van der Waals surface area contributed by atoms with Gasteiger partial charge in [-0.2, -0.15) is 0 Å². The van der Waals surface area contributed by atoms with Gasteiger partial charge in [0.2, 0.25) is 10.0 Å². The lowest BCUT2D eigenvalue weighted by Crippen LogP contribution is -2.30. The molecular weight excluding hydrogens is 426 g/mol. The highest BCUT2D eigenvalue weighted by atomic mass is 32.2. The van der Waals surface area contributed by atoms with Crippen molar-refractivity contribution in [2.24, 2.45) is 0 Å². The van der Waals surface area contributed by atoms with Crippen LogP contribution in [-0.4, -0.2) is 52.0 Å². The summed E-state index contributed by atoms with van der Waals surface area (Å²) in [6.45, 7) is 7.43. The Kier molecular flexibility index (Phi) is 8.67. The Hall–Kier alpha value is -2.42. The van der Waals surface area contributed by atoms with Crippen molar-refractivity contribution in [1.82, 2.24) is 9.62 Å². The van der Waals surface area contributed by atoms with Crippen LogP contribution in [0.5, 0.6) is 5.75 Å². The third-order valence-corrected chi connectivity index (χ3v) is 6.93. The zero-order valence-corrected chi connectivity index (χ0v) is 19.7. The van der Waals surface area contributed by atoms with Gasteiger partial charge in [-0.3, -0.25) is 4.79 Å². The third-order valence-electron chi connectivity index (χ3n) is 5.46. The number of carbonyl (C=O) groups is 1. The van der Waals surface area contributed by atoms with Crippen molar-refractivity contribution in [1.29, 1.82) is 0 Å². The molecule has 0 bridgehead atoms. The molecule has 2 aromatic rings. The molecule has 8 heteroatoms. The van der Waals surface area contributed by atoms with Gasteiger partial charge in [0.05, 0.1) is 10.6 Å². The van der Waals surface area contributed by atoms with Crippen molar-refractivity contribution in [3.8, 4) is 5.75 Å². The van der Waals surface area contributed by atoms with Crippen LogP contribution in [0.4, 0.5) is 5.69 Å². The number of sulfonamides is 1. The Morgan fingerprint density at radius 1 is 1.06 bits per heavy atom. The fraction of sp³-hybridized carbons (Fsp3) is 0.458. The number of fused-ring (bicyclic) bond motifs is 1. The van der Waals surface area contributed by atoms with Crippen LogP contribution < -0.4 is 14.8 Å². The van der Waals surface area contributed by atoms with Gasteiger partial charge in [-0.05, 0) is 75.5 Å². The van der Waals surface area contributed by atoms with Crippen molar-refractivity contribution in [2.45, 2.75) is 44.4 Å². The molecule has 1 heterocycles. The molecule has 7 nitrogen and oxygen atoms in total. The molecule has 1 aliphatic heterocycles. The van der Waals surface area contributed by atoms with Crippen LogP contribution in [0.25, 0.3) is 0 Å². The maximum absolute atomic E-state index is 12.4. The second-order valence-electron chi connectivity index (χ2n) is 8.18. The lowest BCUT2D eigenvalue weighted by molar-refractivity contribution is -0.118. The first kappa shape index (κ1) is 24.2. The Labute approximate surface area is 191 Å². The van der Waals surface area contributed by atoms with Gasteiger partial charge in [-0.25, -0.2) is 13.1 Å². The van der Waals surface area contributed by atoms with Crippen molar-refractivity contribution in [3.63, 3.8) is 0 Å². The number of benzene rings is 2.